The molecule has 1 aromatic carbocycles. The van der Waals surface area contributed by atoms with Crippen molar-refractivity contribution < 1.29 is 37.4 Å². The van der Waals surface area contributed by atoms with Crippen LogP contribution < -0.4 is 10.3 Å². The van der Waals surface area contributed by atoms with Crippen LogP contribution in [-0.4, -0.2) is 11.2 Å². The molecule has 0 aliphatic rings. The zero-order chi connectivity index (χ0) is 14.5. The molecule has 0 saturated heterocycles. The van der Waals surface area contributed by atoms with Gasteiger partial charge >= 0.3 is 0 Å². The van der Waals surface area contributed by atoms with Crippen LogP contribution in [0.4, 0.5) is 0 Å². The SMILES string of the molecule is C#CCOc1ccc(-c2[c-]ccc(=O)n2CC)c(Br)c1.[Y]. The smallest absolute Gasteiger partial charge is 0.194 e. The number of terminal acetylenes is 1. The molecular weight excluding hydrogens is 407 g/mol. The monoisotopic (exact) mass is 419 g/mol. The minimum absolute atomic E-state index is 0. The second-order valence-electron chi connectivity index (χ2n) is 4.04. The van der Waals surface area contributed by atoms with E-state index in [0.717, 1.165) is 15.7 Å². The van der Waals surface area contributed by atoms with Crippen molar-refractivity contribution in [1.29, 1.82) is 0 Å². The van der Waals surface area contributed by atoms with Crippen LogP contribution in [0.3, 0.4) is 0 Å². The van der Waals surface area contributed by atoms with E-state index in [4.69, 9.17) is 11.2 Å². The maximum atomic E-state index is 11.8. The summed E-state index contributed by atoms with van der Waals surface area (Å²) in [6.45, 7) is 2.74. The summed E-state index contributed by atoms with van der Waals surface area (Å²) in [5.41, 5.74) is 1.59. The van der Waals surface area contributed by atoms with E-state index in [9.17, 15) is 4.79 Å². The van der Waals surface area contributed by atoms with E-state index in [2.05, 4.69) is 27.9 Å². The third-order valence-corrected chi connectivity index (χ3v) is 3.47. The maximum Gasteiger partial charge on any atom is 0.194 e. The number of nitrogens with zero attached hydrogens (tertiary/aromatic N) is 1. The minimum Gasteiger partial charge on any atom is -0.481 e. The maximum absolute atomic E-state index is 11.8. The number of hydrogen-bond acceptors (Lipinski definition) is 2. The number of hydrogen-bond donors (Lipinski definition) is 0. The molecule has 0 unspecified atom stereocenters. The van der Waals surface area contributed by atoms with E-state index in [1.165, 1.54) is 6.07 Å². The Bertz CT molecular complexity index is 719. The van der Waals surface area contributed by atoms with Crippen LogP contribution in [0.5, 0.6) is 5.75 Å². The summed E-state index contributed by atoms with van der Waals surface area (Å²) < 4.78 is 7.86. The van der Waals surface area contributed by atoms with Crippen molar-refractivity contribution in [2.24, 2.45) is 0 Å². The molecular formula is C16H13BrNO2Y-. The number of ether oxygens (including phenoxy) is 1. The van der Waals surface area contributed by atoms with Gasteiger partial charge in [-0.15, -0.1) is 12.5 Å². The first-order chi connectivity index (χ1) is 9.67. The van der Waals surface area contributed by atoms with Crippen LogP contribution in [0.1, 0.15) is 6.92 Å². The number of benzene rings is 1. The van der Waals surface area contributed by atoms with Gasteiger partial charge in [-0.3, -0.25) is 4.79 Å². The fraction of sp³-hybridized carbons (Fsp3) is 0.188. The predicted octanol–water partition coefficient (Wildman–Crippen LogP) is 3.11. The first kappa shape index (κ1) is 18.2. The molecule has 0 saturated carbocycles. The second kappa shape index (κ2) is 8.53. The summed E-state index contributed by atoms with van der Waals surface area (Å²) in [7, 11) is 0. The summed E-state index contributed by atoms with van der Waals surface area (Å²) in [6, 6.07) is 11.8. The standard InChI is InChI=1S/C16H13BrNO2.Y/c1-3-10-20-12-8-9-13(14(17)11-12)15-6-5-7-16(19)18(15)4-2;/h1,5,7-9,11H,4,10H2,2H3;/q-1;. The van der Waals surface area contributed by atoms with Crippen LogP contribution in [-0.2, 0) is 39.3 Å². The van der Waals surface area contributed by atoms with E-state index in [-0.39, 0.29) is 44.9 Å². The third-order valence-electron chi connectivity index (χ3n) is 2.82. The molecule has 21 heavy (non-hydrogen) atoms. The molecule has 2 aromatic rings. The van der Waals surface area contributed by atoms with Gasteiger partial charge in [-0.1, -0.05) is 39.2 Å². The molecule has 1 aromatic heterocycles. The minimum atomic E-state index is -0.0409. The van der Waals surface area contributed by atoms with Crippen LogP contribution in [0, 0.1) is 18.4 Å². The summed E-state index contributed by atoms with van der Waals surface area (Å²) in [5, 5.41) is 0. The van der Waals surface area contributed by atoms with Crippen molar-refractivity contribution in [3.63, 3.8) is 0 Å². The summed E-state index contributed by atoms with van der Waals surface area (Å²) in [5.74, 6) is 3.10. The second-order valence-corrected chi connectivity index (χ2v) is 4.90. The van der Waals surface area contributed by atoms with Gasteiger partial charge in [-0.05, 0) is 23.5 Å². The van der Waals surface area contributed by atoms with Gasteiger partial charge in [0.15, 0.2) is 5.56 Å². The van der Waals surface area contributed by atoms with E-state index in [0.29, 0.717) is 12.3 Å². The molecule has 0 atom stereocenters. The third kappa shape index (κ3) is 4.29. The first-order valence-corrected chi connectivity index (χ1v) is 6.94. The Kier molecular flexibility index (Phi) is 7.38. The molecule has 1 heterocycles. The molecule has 0 amide bonds. The number of aromatic nitrogens is 1. The van der Waals surface area contributed by atoms with E-state index >= 15 is 0 Å². The van der Waals surface area contributed by atoms with Gasteiger partial charge in [-0.25, -0.2) is 0 Å². The molecule has 105 valence electrons. The van der Waals surface area contributed by atoms with Crippen molar-refractivity contribution in [2.45, 2.75) is 13.5 Å². The van der Waals surface area contributed by atoms with Gasteiger partial charge in [0.1, 0.15) is 12.4 Å². The molecule has 0 bridgehead atoms. The van der Waals surface area contributed by atoms with Crippen LogP contribution in [0.25, 0.3) is 11.3 Å². The zero-order valence-corrected chi connectivity index (χ0v) is 16.0. The fourth-order valence-electron chi connectivity index (χ4n) is 1.91. The van der Waals surface area contributed by atoms with Gasteiger partial charge in [0.05, 0.1) is 0 Å². The fourth-order valence-corrected chi connectivity index (χ4v) is 2.46. The van der Waals surface area contributed by atoms with E-state index in [1.807, 2.05) is 25.1 Å². The molecule has 0 aliphatic heterocycles. The largest absolute Gasteiger partial charge is 0.481 e. The van der Waals surface area contributed by atoms with Crippen molar-refractivity contribution in [3.05, 3.63) is 51.2 Å². The molecule has 5 heteroatoms. The number of rotatable bonds is 4. The zero-order valence-electron chi connectivity index (χ0n) is 11.6. The van der Waals surface area contributed by atoms with Crippen LogP contribution in [0.15, 0.2) is 39.6 Å². The molecule has 0 N–H and O–H groups in total. The molecule has 0 spiro atoms. The molecule has 1 radical (unpaired) electrons. The van der Waals surface area contributed by atoms with Gasteiger partial charge < -0.3 is 9.30 Å². The average molecular weight is 420 g/mol. The Hall–Kier alpha value is -0.886. The van der Waals surface area contributed by atoms with E-state index < -0.39 is 0 Å². The van der Waals surface area contributed by atoms with Gasteiger partial charge in [0.25, 0.3) is 0 Å². The quantitative estimate of drug-likeness (QED) is 0.563. The number of pyridine rings is 1. The predicted molar refractivity (Wildman–Crippen MR) is 82.7 cm³/mol. The van der Waals surface area contributed by atoms with Crippen molar-refractivity contribution in [2.75, 3.05) is 6.61 Å². The van der Waals surface area contributed by atoms with Crippen molar-refractivity contribution in [3.8, 4) is 29.4 Å². The van der Waals surface area contributed by atoms with Crippen molar-refractivity contribution >= 4 is 15.9 Å². The van der Waals surface area contributed by atoms with Crippen LogP contribution in [0.2, 0.25) is 0 Å². The topological polar surface area (TPSA) is 31.2 Å². The summed E-state index contributed by atoms with van der Waals surface area (Å²) in [4.78, 5) is 11.8. The molecule has 0 fully saturated rings. The summed E-state index contributed by atoms with van der Waals surface area (Å²) >= 11 is 3.50. The van der Waals surface area contributed by atoms with E-state index in [1.54, 1.807) is 10.6 Å². The summed E-state index contributed by atoms with van der Waals surface area (Å²) in [6.07, 6.45) is 5.16. The normalized spacial score (nSPS) is 9.57. The molecule has 0 aliphatic carbocycles. The Morgan fingerprint density at radius 1 is 1.43 bits per heavy atom. The average Bonchev–Trinajstić information content (AvgIpc) is 2.45. The van der Waals surface area contributed by atoms with Gasteiger partial charge in [0.2, 0.25) is 0 Å². The molecule has 2 rings (SSSR count). The molecule has 3 nitrogen and oxygen atoms in total. The Morgan fingerprint density at radius 2 is 2.19 bits per heavy atom. The Morgan fingerprint density at radius 3 is 2.81 bits per heavy atom. The van der Waals surface area contributed by atoms with Crippen LogP contribution >= 0.6 is 15.9 Å². The van der Waals surface area contributed by atoms with Gasteiger partial charge in [0, 0.05) is 39.3 Å². The van der Waals surface area contributed by atoms with Gasteiger partial charge in [-0.2, -0.15) is 12.1 Å². The Labute approximate surface area is 157 Å². The first-order valence-electron chi connectivity index (χ1n) is 6.15. The van der Waals surface area contributed by atoms with Crippen molar-refractivity contribution in [1.82, 2.24) is 4.57 Å². The Balaban J connectivity index is 0.00000220. The number of halogens is 1.